The van der Waals surface area contributed by atoms with Crippen molar-refractivity contribution in [2.75, 3.05) is 7.11 Å². The van der Waals surface area contributed by atoms with Gasteiger partial charge in [0.1, 0.15) is 5.75 Å². The van der Waals surface area contributed by atoms with Gasteiger partial charge in [0.15, 0.2) is 5.65 Å². The molecule has 0 N–H and O–H groups in total. The third kappa shape index (κ3) is 1.63. The largest absolute Gasteiger partial charge is 0.497 e. The number of aromatic nitrogens is 3. The van der Waals surface area contributed by atoms with E-state index < -0.39 is 0 Å². The van der Waals surface area contributed by atoms with Crippen LogP contribution in [0.15, 0.2) is 48.8 Å². The van der Waals surface area contributed by atoms with Gasteiger partial charge in [-0.2, -0.15) is 5.10 Å². The van der Waals surface area contributed by atoms with Crippen LogP contribution in [0.3, 0.4) is 0 Å². The minimum atomic E-state index is 0.846. The Kier molecular flexibility index (Phi) is 2.26. The zero-order valence-corrected chi connectivity index (χ0v) is 9.37. The molecular formula is C13H11N3O. The van der Waals surface area contributed by atoms with Crippen molar-refractivity contribution in [3.05, 3.63) is 48.8 Å². The molecule has 0 radical (unpaired) electrons. The molecule has 0 saturated heterocycles. The predicted octanol–water partition coefficient (Wildman–Crippen LogP) is 2.40. The van der Waals surface area contributed by atoms with Crippen LogP contribution in [0.1, 0.15) is 0 Å². The Labute approximate surface area is 98.5 Å². The second-order valence-electron chi connectivity index (χ2n) is 3.66. The van der Waals surface area contributed by atoms with Gasteiger partial charge in [0.05, 0.1) is 19.0 Å². The van der Waals surface area contributed by atoms with Gasteiger partial charge in [0, 0.05) is 17.8 Å². The van der Waals surface area contributed by atoms with Crippen LogP contribution in [-0.2, 0) is 0 Å². The molecule has 0 aliphatic carbocycles. The van der Waals surface area contributed by atoms with E-state index in [1.165, 1.54) is 0 Å². The fraction of sp³-hybridized carbons (Fsp3) is 0.0769. The lowest BCUT2D eigenvalue weighted by molar-refractivity contribution is 0.415. The maximum atomic E-state index is 5.14. The summed E-state index contributed by atoms with van der Waals surface area (Å²) in [5.74, 6) is 0.847. The van der Waals surface area contributed by atoms with Crippen molar-refractivity contribution >= 4 is 5.65 Å². The highest BCUT2D eigenvalue weighted by Crippen LogP contribution is 2.22. The van der Waals surface area contributed by atoms with Crippen LogP contribution in [0.4, 0.5) is 0 Å². The third-order valence-corrected chi connectivity index (χ3v) is 2.68. The van der Waals surface area contributed by atoms with E-state index in [1.807, 2.05) is 40.9 Å². The molecule has 1 aromatic carbocycles. The van der Waals surface area contributed by atoms with Crippen LogP contribution < -0.4 is 4.74 Å². The van der Waals surface area contributed by atoms with E-state index in [9.17, 15) is 0 Å². The lowest BCUT2D eigenvalue weighted by atomic mass is 10.1. The summed E-state index contributed by atoms with van der Waals surface area (Å²) in [5.41, 5.74) is 2.95. The first-order valence-electron chi connectivity index (χ1n) is 5.31. The first-order valence-corrected chi connectivity index (χ1v) is 5.31. The standard InChI is InChI=1S/C13H11N3O/c1-17-11-4-2-10(3-5-11)12-6-8-14-13-7-9-15-16(12)13/h2-9H,1H3. The molecule has 2 heterocycles. The molecule has 4 nitrogen and oxygen atoms in total. The van der Waals surface area contributed by atoms with E-state index in [-0.39, 0.29) is 0 Å². The van der Waals surface area contributed by atoms with Crippen molar-refractivity contribution in [1.82, 2.24) is 14.6 Å². The fourth-order valence-electron chi connectivity index (χ4n) is 1.81. The number of nitrogens with zero attached hydrogens (tertiary/aromatic N) is 3. The summed E-state index contributed by atoms with van der Waals surface area (Å²) in [6.07, 6.45) is 3.53. The number of hydrogen-bond donors (Lipinski definition) is 0. The summed E-state index contributed by atoms with van der Waals surface area (Å²) in [7, 11) is 1.66. The van der Waals surface area contributed by atoms with E-state index in [2.05, 4.69) is 10.1 Å². The van der Waals surface area contributed by atoms with E-state index in [1.54, 1.807) is 19.5 Å². The topological polar surface area (TPSA) is 39.4 Å². The molecular weight excluding hydrogens is 214 g/mol. The van der Waals surface area contributed by atoms with Gasteiger partial charge >= 0.3 is 0 Å². The lowest BCUT2D eigenvalue weighted by Crippen LogP contribution is -1.95. The quantitative estimate of drug-likeness (QED) is 0.672. The van der Waals surface area contributed by atoms with E-state index in [4.69, 9.17) is 4.74 Å². The number of rotatable bonds is 2. The maximum Gasteiger partial charge on any atom is 0.155 e. The Morgan fingerprint density at radius 2 is 1.82 bits per heavy atom. The average Bonchev–Trinajstić information content (AvgIpc) is 2.87. The molecule has 17 heavy (non-hydrogen) atoms. The number of methoxy groups -OCH3 is 1. The molecule has 0 aliphatic heterocycles. The monoisotopic (exact) mass is 225 g/mol. The molecule has 0 aliphatic rings. The smallest absolute Gasteiger partial charge is 0.155 e. The van der Waals surface area contributed by atoms with Crippen molar-refractivity contribution in [2.24, 2.45) is 0 Å². The summed E-state index contributed by atoms with van der Waals surface area (Å²) in [6, 6.07) is 11.7. The van der Waals surface area contributed by atoms with Crippen molar-refractivity contribution in [3.8, 4) is 17.0 Å². The van der Waals surface area contributed by atoms with Crippen LogP contribution in [0.2, 0.25) is 0 Å². The summed E-state index contributed by atoms with van der Waals surface area (Å²) in [6.45, 7) is 0. The van der Waals surface area contributed by atoms with Crippen molar-refractivity contribution in [2.45, 2.75) is 0 Å². The molecule has 0 unspecified atom stereocenters. The van der Waals surface area contributed by atoms with Crippen LogP contribution >= 0.6 is 0 Å². The first-order chi connectivity index (χ1) is 8.38. The normalized spacial score (nSPS) is 10.6. The number of hydrogen-bond acceptors (Lipinski definition) is 3. The third-order valence-electron chi connectivity index (χ3n) is 2.68. The number of fused-ring (bicyclic) bond motifs is 1. The molecule has 3 rings (SSSR count). The van der Waals surface area contributed by atoms with E-state index in [0.29, 0.717) is 0 Å². The highest BCUT2D eigenvalue weighted by molar-refractivity contribution is 5.62. The lowest BCUT2D eigenvalue weighted by Gasteiger charge is -2.05. The molecule has 0 fully saturated rings. The van der Waals surface area contributed by atoms with Crippen molar-refractivity contribution in [3.63, 3.8) is 0 Å². The fourth-order valence-corrected chi connectivity index (χ4v) is 1.81. The second kappa shape index (κ2) is 3.90. The maximum absolute atomic E-state index is 5.14. The van der Waals surface area contributed by atoms with Gasteiger partial charge in [0.2, 0.25) is 0 Å². The van der Waals surface area contributed by atoms with Gasteiger partial charge in [-0.3, -0.25) is 0 Å². The minimum absolute atomic E-state index is 0.846. The first kappa shape index (κ1) is 9.84. The summed E-state index contributed by atoms with van der Waals surface area (Å²) >= 11 is 0. The average molecular weight is 225 g/mol. The van der Waals surface area contributed by atoms with Crippen LogP contribution in [0.5, 0.6) is 5.75 Å². The summed E-state index contributed by atoms with van der Waals surface area (Å²) in [5, 5.41) is 4.26. The Morgan fingerprint density at radius 1 is 1.00 bits per heavy atom. The Morgan fingerprint density at radius 3 is 2.59 bits per heavy atom. The zero-order chi connectivity index (χ0) is 11.7. The molecule has 0 atom stereocenters. The van der Waals surface area contributed by atoms with Gasteiger partial charge in [0.25, 0.3) is 0 Å². The highest BCUT2D eigenvalue weighted by atomic mass is 16.5. The van der Waals surface area contributed by atoms with Gasteiger partial charge in [-0.15, -0.1) is 0 Å². The van der Waals surface area contributed by atoms with Crippen LogP contribution in [0.25, 0.3) is 16.9 Å². The number of benzene rings is 1. The molecule has 4 heteroatoms. The molecule has 0 bridgehead atoms. The second-order valence-corrected chi connectivity index (χ2v) is 3.66. The molecule has 2 aromatic heterocycles. The summed E-state index contributed by atoms with van der Waals surface area (Å²) < 4.78 is 6.96. The predicted molar refractivity (Wildman–Crippen MR) is 65.0 cm³/mol. The van der Waals surface area contributed by atoms with Gasteiger partial charge < -0.3 is 4.74 Å². The molecule has 0 amide bonds. The SMILES string of the molecule is COc1ccc(-c2ccnc3ccnn23)cc1. The van der Waals surface area contributed by atoms with Crippen molar-refractivity contribution < 1.29 is 4.74 Å². The molecule has 84 valence electrons. The van der Waals surface area contributed by atoms with E-state index >= 15 is 0 Å². The van der Waals surface area contributed by atoms with Crippen LogP contribution in [0, 0.1) is 0 Å². The zero-order valence-electron chi connectivity index (χ0n) is 9.37. The van der Waals surface area contributed by atoms with E-state index in [0.717, 1.165) is 22.7 Å². The van der Waals surface area contributed by atoms with Crippen molar-refractivity contribution in [1.29, 1.82) is 0 Å². The molecule has 0 spiro atoms. The molecule has 0 saturated carbocycles. The molecule has 3 aromatic rings. The highest BCUT2D eigenvalue weighted by Gasteiger charge is 2.04. The minimum Gasteiger partial charge on any atom is -0.497 e. The van der Waals surface area contributed by atoms with Crippen LogP contribution in [-0.4, -0.2) is 21.7 Å². The Hall–Kier alpha value is -2.36. The Balaban J connectivity index is 2.16. The van der Waals surface area contributed by atoms with Gasteiger partial charge in [-0.05, 0) is 30.3 Å². The summed E-state index contributed by atoms with van der Waals surface area (Å²) in [4.78, 5) is 4.24. The van der Waals surface area contributed by atoms with Gasteiger partial charge in [-0.25, -0.2) is 9.50 Å². The Bertz CT molecular complexity index is 643. The van der Waals surface area contributed by atoms with Gasteiger partial charge in [-0.1, -0.05) is 0 Å². The number of ether oxygens (including phenoxy) is 1.